The molecule has 3 aromatic rings. The third-order valence-electron chi connectivity index (χ3n) is 2.96. The molecule has 3 rings (SSSR count). The van der Waals surface area contributed by atoms with Crippen LogP contribution in [0.2, 0.25) is 0 Å². The molecule has 108 valence electrons. The first-order valence-corrected chi connectivity index (χ1v) is 5.95. The highest BCUT2D eigenvalue weighted by molar-refractivity contribution is 5.71. The summed E-state index contributed by atoms with van der Waals surface area (Å²) in [6.45, 7) is 0. The van der Waals surface area contributed by atoms with E-state index in [1.54, 1.807) is 24.1 Å². The highest BCUT2D eigenvalue weighted by Crippen LogP contribution is 2.26. The minimum atomic E-state index is -1.26. The molecule has 2 aromatic heterocycles. The maximum atomic E-state index is 13.7. The molecule has 0 atom stereocenters. The van der Waals surface area contributed by atoms with Crippen LogP contribution in [0, 0.1) is 17.5 Å². The van der Waals surface area contributed by atoms with E-state index in [0.29, 0.717) is 17.3 Å². The number of hydrogen-bond donors (Lipinski definition) is 1. The first kappa shape index (κ1) is 13.2. The van der Waals surface area contributed by atoms with Crippen LogP contribution < -0.4 is 5.73 Å². The molecule has 2 N–H and O–H groups in total. The predicted octanol–water partition coefficient (Wildman–Crippen LogP) is 2.27. The summed E-state index contributed by atoms with van der Waals surface area (Å²) in [4.78, 5) is 0. The molecule has 0 radical (unpaired) electrons. The Kier molecular flexibility index (Phi) is 2.93. The summed E-state index contributed by atoms with van der Waals surface area (Å²) in [6, 6.07) is 1.19. The molecule has 5 nitrogen and oxygen atoms in total. The second kappa shape index (κ2) is 4.65. The molecule has 1 aromatic carbocycles. The summed E-state index contributed by atoms with van der Waals surface area (Å²) < 4.78 is 42.6. The van der Waals surface area contributed by atoms with Crippen LogP contribution in [0.4, 0.5) is 18.9 Å². The van der Waals surface area contributed by atoms with Crippen LogP contribution in [0.1, 0.15) is 0 Å². The molecule has 0 aliphatic rings. The Labute approximate surface area is 117 Å². The Balaban J connectivity index is 2.11. The Hall–Kier alpha value is -2.77. The van der Waals surface area contributed by atoms with Crippen molar-refractivity contribution in [3.63, 3.8) is 0 Å². The van der Waals surface area contributed by atoms with E-state index in [4.69, 9.17) is 5.73 Å². The van der Waals surface area contributed by atoms with Gasteiger partial charge in [-0.2, -0.15) is 10.2 Å². The summed E-state index contributed by atoms with van der Waals surface area (Å²) in [5, 5.41) is 8.09. The van der Waals surface area contributed by atoms with Crippen LogP contribution in [-0.4, -0.2) is 19.6 Å². The molecule has 0 fully saturated rings. The molecule has 0 aliphatic carbocycles. The van der Waals surface area contributed by atoms with Gasteiger partial charge in [0.05, 0.1) is 18.1 Å². The monoisotopic (exact) mass is 293 g/mol. The Morgan fingerprint density at radius 2 is 1.76 bits per heavy atom. The number of benzene rings is 1. The fraction of sp³-hybridized carbons (Fsp3) is 0.0769. The Bertz CT molecular complexity index is 821. The zero-order valence-corrected chi connectivity index (χ0v) is 10.9. The van der Waals surface area contributed by atoms with Gasteiger partial charge in [0, 0.05) is 30.9 Å². The zero-order valence-electron chi connectivity index (χ0n) is 10.9. The van der Waals surface area contributed by atoms with E-state index in [-0.39, 0.29) is 11.4 Å². The number of nitrogen functional groups attached to an aromatic ring is 1. The fourth-order valence-electron chi connectivity index (χ4n) is 1.97. The summed E-state index contributed by atoms with van der Waals surface area (Å²) in [5.74, 6) is -3.36. The van der Waals surface area contributed by atoms with Crippen molar-refractivity contribution in [1.29, 1.82) is 0 Å². The van der Waals surface area contributed by atoms with E-state index >= 15 is 0 Å². The van der Waals surface area contributed by atoms with Crippen LogP contribution in [0.15, 0.2) is 30.7 Å². The van der Waals surface area contributed by atoms with Gasteiger partial charge in [0.1, 0.15) is 11.4 Å². The number of anilines is 1. The van der Waals surface area contributed by atoms with E-state index in [1.807, 2.05) is 0 Å². The molecule has 0 bridgehead atoms. The van der Waals surface area contributed by atoms with Gasteiger partial charge in [0.2, 0.25) is 0 Å². The van der Waals surface area contributed by atoms with Crippen molar-refractivity contribution in [1.82, 2.24) is 19.6 Å². The van der Waals surface area contributed by atoms with E-state index in [2.05, 4.69) is 10.2 Å². The van der Waals surface area contributed by atoms with Gasteiger partial charge in [0.15, 0.2) is 17.5 Å². The quantitative estimate of drug-likeness (QED) is 0.737. The fourth-order valence-corrected chi connectivity index (χ4v) is 1.97. The summed E-state index contributed by atoms with van der Waals surface area (Å²) in [6.07, 6.45) is 4.56. The molecule has 0 unspecified atom stereocenters. The van der Waals surface area contributed by atoms with Crippen molar-refractivity contribution in [3.8, 4) is 16.9 Å². The van der Waals surface area contributed by atoms with Crippen molar-refractivity contribution in [2.75, 3.05) is 5.73 Å². The molecule has 0 amide bonds. The van der Waals surface area contributed by atoms with Crippen molar-refractivity contribution in [3.05, 3.63) is 48.2 Å². The van der Waals surface area contributed by atoms with Crippen molar-refractivity contribution < 1.29 is 13.2 Å². The van der Waals surface area contributed by atoms with Crippen molar-refractivity contribution >= 4 is 5.69 Å². The van der Waals surface area contributed by atoms with Gasteiger partial charge < -0.3 is 5.73 Å². The highest BCUT2D eigenvalue weighted by Gasteiger charge is 2.16. The van der Waals surface area contributed by atoms with Crippen LogP contribution in [0.3, 0.4) is 0 Å². The van der Waals surface area contributed by atoms with Gasteiger partial charge >= 0.3 is 0 Å². The summed E-state index contributed by atoms with van der Waals surface area (Å²) in [7, 11) is 1.73. The van der Waals surface area contributed by atoms with E-state index in [0.717, 1.165) is 10.7 Å². The smallest absolute Gasteiger partial charge is 0.161 e. The number of nitrogens with two attached hydrogens (primary N) is 1. The Morgan fingerprint density at radius 1 is 1.05 bits per heavy atom. The largest absolute Gasteiger partial charge is 0.396 e. The minimum Gasteiger partial charge on any atom is -0.396 e. The average molecular weight is 293 g/mol. The second-order valence-corrected chi connectivity index (χ2v) is 4.50. The first-order valence-electron chi connectivity index (χ1n) is 5.95. The molecule has 0 aliphatic heterocycles. The minimum absolute atomic E-state index is 0.226. The number of nitrogens with zero attached hydrogens (tertiary/aromatic N) is 4. The lowest BCUT2D eigenvalue weighted by atomic mass is 10.2. The van der Waals surface area contributed by atoms with Crippen LogP contribution in [0.25, 0.3) is 16.9 Å². The maximum Gasteiger partial charge on any atom is 0.161 e. The third kappa shape index (κ3) is 2.24. The zero-order chi connectivity index (χ0) is 15.1. The van der Waals surface area contributed by atoms with E-state index in [1.165, 1.54) is 6.20 Å². The lowest BCUT2D eigenvalue weighted by Gasteiger charge is -2.03. The van der Waals surface area contributed by atoms with Crippen LogP contribution in [0.5, 0.6) is 0 Å². The van der Waals surface area contributed by atoms with Gasteiger partial charge in [-0.25, -0.2) is 17.9 Å². The van der Waals surface area contributed by atoms with Gasteiger partial charge in [0.25, 0.3) is 0 Å². The number of halogens is 3. The molecule has 21 heavy (non-hydrogen) atoms. The number of aromatic nitrogens is 4. The first-order chi connectivity index (χ1) is 9.95. The number of rotatable bonds is 2. The lowest BCUT2D eigenvalue weighted by Crippen LogP contribution is -2.01. The van der Waals surface area contributed by atoms with Gasteiger partial charge in [-0.3, -0.25) is 4.68 Å². The van der Waals surface area contributed by atoms with Crippen LogP contribution >= 0.6 is 0 Å². The summed E-state index contributed by atoms with van der Waals surface area (Å²) in [5.41, 5.74) is 6.89. The average Bonchev–Trinajstić information content (AvgIpc) is 3.00. The maximum absolute atomic E-state index is 13.7. The normalized spacial score (nSPS) is 11.0. The molecule has 2 heterocycles. The van der Waals surface area contributed by atoms with Crippen molar-refractivity contribution in [2.45, 2.75) is 0 Å². The molecular weight excluding hydrogens is 283 g/mol. The third-order valence-corrected chi connectivity index (χ3v) is 2.96. The van der Waals surface area contributed by atoms with E-state index < -0.39 is 17.5 Å². The molecule has 8 heteroatoms. The number of hydrogen-bond acceptors (Lipinski definition) is 3. The number of aryl methyl sites for hydroxylation is 1. The molecule has 0 saturated carbocycles. The van der Waals surface area contributed by atoms with Crippen molar-refractivity contribution in [2.24, 2.45) is 7.05 Å². The molecular formula is C13H10F3N5. The summed E-state index contributed by atoms with van der Waals surface area (Å²) >= 11 is 0. The molecule has 0 spiro atoms. The van der Waals surface area contributed by atoms with Gasteiger partial charge in [-0.05, 0) is 0 Å². The SMILES string of the molecule is Cn1cc(-c2nn(-c3cc(F)c(F)cc3F)cc2N)cn1. The second-order valence-electron chi connectivity index (χ2n) is 4.50. The standard InChI is InChI=1S/C13H10F3N5/c1-20-5-7(4-18-20)13-11(17)6-21(19-13)12-3-9(15)8(14)2-10(12)16/h2-6H,17H2,1H3. The molecule has 0 saturated heterocycles. The van der Waals surface area contributed by atoms with Crippen LogP contribution in [-0.2, 0) is 7.05 Å². The highest BCUT2D eigenvalue weighted by atomic mass is 19.2. The van der Waals surface area contributed by atoms with Gasteiger partial charge in [-0.1, -0.05) is 0 Å². The Morgan fingerprint density at radius 3 is 2.43 bits per heavy atom. The topological polar surface area (TPSA) is 61.7 Å². The van der Waals surface area contributed by atoms with E-state index in [9.17, 15) is 13.2 Å². The predicted molar refractivity (Wildman–Crippen MR) is 70.1 cm³/mol. The lowest BCUT2D eigenvalue weighted by molar-refractivity contribution is 0.491. The van der Waals surface area contributed by atoms with Gasteiger partial charge in [-0.15, -0.1) is 0 Å².